The van der Waals surface area contributed by atoms with Gasteiger partial charge < -0.3 is 24.4 Å². The molecule has 0 unspecified atom stereocenters. The number of nitrogens with zero attached hydrogens (tertiary/aromatic N) is 4. The number of ether oxygens (including phenoxy) is 1. The van der Waals surface area contributed by atoms with Gasteiger partial charge in [0.05, 0.1) is 11.0 Å². The normalized spacial score (nSPS) is 19.7. The highest BCUT2D eigenvalue weighted by Gasteiger charge is 2.34. The maximum atomic E-state index is 14.1. The number of methoxy groups -OCH3 is 1. The van der Waals surface area contributed by atoms with Gasteiger partial charge in [0.15, 0.2) is 5.82 Å². The van der Waals surface area contributed by atoms with E-state index in [2.05, 4.69) is 23.7 Å². The van der Waals surface area contributed by atoms with Crippen LogP contribution >= 0.6 is 24.8 Å². The van der Waals surface area contributed by atoms with Gasteiger partial charge in [-0.05, 0) is 56.2 Å². The molecule has 1 aromatic carbocycles. The van der Waals surface area contributed by atoms with Crippen molar-refractivity contribution in [2.24, 2.45) is 11.8 Å². The summed E-state index contributed by atoms with van der Waals surface area (Å²) in [5, 5.41) is 3.55. The number of hydrogen-bond acceptors (Lipinski definition) is 5. The fourth-order valence-corrected chi connectivity index (χ4v) is 5.49. The largest absolute Gasteiger partial charge is 0.385 e. The zero-order chi connectivity index (χ0) is 24.8. The maximum Gasteiger partial charge on any atom is 0.290 e. The number of rotatable bonds is 11. The Labute approximate surface area is 233 Å². The van der Waals surface area contributed by atoms with Crippen LogP contribution in [0.15, 0.2) is 24.3 Å². The van der Waals surface area contributed by atoms with Gasteiger partial charge in [0.2, 0.25) is 5.91 Å². The third-order valence-corrected chi connectivity index (χ3v) is 7.16. The number of fused-ring (bicyclic) bond motifs is 1. The molecule has 1 N–H and O–H groups in total. The molecule has 0 saturated carbocycles. The van der Waals surface area contributed by atoms with Crippen molar-refractivity contribution in [3.05, 3.63) is 30.1 Å². The number of halogens is 2. The number of unbranched alkanes of at least 4 members (excludes halogenated alkanes) is 1. The van der Waals surface area contributed by atoms with Crippen molar-refractivity contribution in [3.63, 3.8) is 0 Å². The molecule has 4 rings (SSSR count). The number of carbonyl (C=O) groups is 2. The summed E-state index contributed by atoms with van der Waals surface area (Å²) < 4.78 is 7.31. The monoisotopic (exact) mass is 555 g/mol. The first kappa shape index (κ1) is 31.3. The number of aromatic nitrogens is 2. The summed E-state index contributed by atoms with van der Waals surface area (Å²) in [7, 11) is 1.72. The fraction of sp³-hybridized carbons (Fsp3) is 0.667. The summed E-state index contributed by atoms with van der Waals surface area (Å²) in [6, 6.07) is 8.09. The SMILES string of the molecule is COCCCCn1c(C(=O)N(CC(C)C)[C@@H]2CNC[C@H](CN3CCCC3=O)C2)nc2ccccc21.Cl.Cl. The minimum atomic E-state index is 0. The van der Waals surface area contributed by atoms with Crippen LogP contribution in [0.3, 0.4) is 0 Å². The van der Waals surface area contributed by atoms with Crippen molar-refractivity contribution in [2.45, 2.75) is 58.5 Å². The van der Waals surface area contributed by atoms with Crippen LogP contribution in [0.5, 0.6) is 0 Å². The Morgan fingerprint density at radius 2 is 2.00 bits per heavy atom. The van der Waals surface area contributed by atoms with Crippen LogP contribution in [0.2, 0.25) is 0 Å². The van der Waals surface area contributed by atoms with Crippen LogP contribution in [0, 0.1) is 11.8 Å². The number of hydrogen-bond donors (Lipinski definition) is 1. The number of aryl methyl sites for hydroxylation is 1. The van der Waals surface area contributed by atoms with Crippen molar-refractivity contribution in [1.29, 1.82) is 0 Å². The van der Waals surface area contributed by atoms with Crippen LogP contribution in [-0.2, 0) is 16.1 Å². The van der Waals surface area contributed by atoms with E-state index in [1.165, 1.54) is 0 Å². The maximum absolute atomic E-state index is 14.1. The van der Waals surface area contributed by atoms with Crippen molar-refractivity contribution in [3.8, 4) is 0 Å². The van der Waals surface area contributed by atoms with Crippen molar-refractivity contribution in [2.75, 3.05) is 46.4 Å². The predicted molar refractivity (Wildman–Crippen MR) is 152 cm³/mol. The summed E-state index contributed by atoms with van der Waals surface area (Å²) in [5.74, 6) is 1.50. The summed E-state index contributed by atoms with van der Waals surface area (Å²) in [5.41, 5.74) is 1.87. The lowest BCUT2D eigenvalue weighted by atomic mass is 9.93. The second kappa shape index (κ2) is 14.9. The number of benzene rings is 1. The predicted octanol–water partition coefficient (Wildman–Crippen LogP) is 4.01. The lowest BCUT2D eigenvalue weighted by Gasteiger charge is -2.39. The van der Waals surface area contributed by atoms with Crippen molar-refractivity contribution in [1.82, 2.24) is 24.7 Å². The molecule has 0 aliphatic carbocycles. The van der Waals surface area contributed by atoms with Crippen LogP contribution in [-0.4, -0.2) is 83.6 Å². The molecular weight excluding hydrogens is 513 g/mol. The number of para-hydroxylation sites is 2. The standard InChI is InChI=1S/C27H41N5O3.2ClH/c1-20(2)18-32(22-15-21(16-28-17-22)19-30-12-8-11-25(30)33)27(34)26-29-23-9-4-5-10-24(23)31(26)13-6-7-14-35-3;;/h4-5,9-10,20-22,28H,6-8,11-19H2,1-3H3;2*1H/t21-,22+;;/m1../s1. The first-order valence-corrected chi connectivity index (χ1v) is 13.2. The van der Waals surface area contributed by atoms with Gasteiger partial charge in [0, 0.05) is 58.9 Å². The molecule has 2 saturated heterocycles. The number of carbonyl (C=O) groups excluding carboxylic acids is 2. The van der Waals surface area contributed by atoms with Gasteiger partial charge in [0.25, 0.3) is 5.91 Å². The molecule has 2 fully saturated rings. The highest BCUT2D eigenvalue weighted by atomic mass is 35.5. The molecule has 1 aromatic heterocycles. The van der Waals surface area contributed by atoms with Gasteiger partial charge in [-0.15, -0.1) is 24.8 Å². The first-order valence-electron chi connectivity index (χ1n) is 13.2. The number of piperidine rings is 1. The molecule has 2 atom stereocenters. The quantitative estimate of drug-likeness (QED) is 0.424. The van der Waals surface area contributed by atoms with E-state index in [1.807, 2.05) is 34.1 Å². The van der Waals surface area contributed by atoms with Crippen molar-refractivity contribution >= 4 is 47.7 Å². The van der Waals surface area contributed by atoms with Gasteiger partial charge in [-0.2, -0.15) is 0 Å². The van der Waals surface area contributed by atoms with Crippen LogP contribution in [0.4, 0.5) is 0 Å². The second-order valence-corrected chi connectivity index (χ2v) is 10.5. The Morgan fingerprint density at radius 1 is 1.22 bits per heavy atom. The van der Waals surface area contributed by atoms with Gasteiger partial charge in [-0.1, -0.05) is 26.0 Å². The molecule has 2 aliphatic heterocycles. The zero-order valence-electron chi connectivity index (χ0n) is 22.4. The lowest BCUT2D eigenvalue weighted by molar-refractivity contribution is -0.128. The molecule has 0 radical (unpaired) electrons. The van der Waals surface area contributed by atoms with E-state index in [0.29, 0.717) is 37.2 Å². The first-order chi connectivity index (χ1) is 17.0. The Morgan fingerprint density at radius 3 is 2.70 bits per heavy atom. The van der Waals surface area contributed by atoms with Gasteiger partial charge in [-0.25, -0.2) is 4.98 Å². The van der Waals surface area contributed by atoms with E-state index < -0.39 is 0 Å². The number of amides is 2. The molecule has 3 heterocycles. The summed E-state index contributed by atoms with van der Waals surface area (Å²) >= 11 is 0. The summed E-state index contributed by atoms with van der Waals surface area (Å²) in [6.45, 7) is 9.76. The van der Waals surface area contributed by atoms with E-state index in [0.717, 1.165) is 69.4 Å². The Hall–Kier alpha value is -1.87. The van der Waals surface area contributed by atoms with Gasteiger partial charge >= 0.3 is 0 Å². The molecule has 0 bridgehead atoms. The number of imidazole rings is 1. The average Bonchev–Trinajstić information content (AvgIpc) is 3.43. The van der Waals surface area contributed by atoms with Crippen LogP contribution in [0.25, 0.3) is 11.0 Å². The number of nitrogens with one attached hydrogen (secondary N) is 1. The third-order valence-electron chi connectivity index (χ3n) is 7.16. The minimum absolute atomic E-state index is 0. The molecule has 2 aliphatic rings. The van der Waals surface area contributed by atoms with E-state index in [-0.39, 0.29) is 42.7 Å². The second-order valence-electron chi connectivity index (χ2n) is 10.5. The topological polar surface area (TPSA) is 79.7 Å². The minimum Gasteiger partial charge on any atom is -0.385 e. The summed E-state index contributed by atoms with van der Waals surface area (Å²) in [4.78, 5) is 35.1. The van der Waals surface area contributed by atoms with E-state index >= 15 is 0 Å². The van der Waals surface area contributed by atoms with E-state index in [4.69, 9.17) is 9.72 Å². The molecular formula is C27H43Cl2N5O3. The summed E-state index contributed by atoms with van der Waals surface area (Å²) in [6.07, 6.45) is 4.40. The molecule has 208 valence electrons. The fourth-order valence-electron chi connectivity index (χ4n) is 5.49. The highest BCUT2D eigenvalue weighted by Crippen LogP contribution is 2.24. The van der Waals surface area contributed by atoms with E-state index in [1.54, 1.807) is 7.11 Å². The van der Waals surface area contributed by atoms with E-state index in [9.17, 15) is 9.59 Å². The smallest absolute Gasteiger partial charge is 0.290 e. The van der Waals surface area contributed by atoms with Crippen LogP contribution < -0.4 is 5.32 Å². The zero-order valence-corrected chi connectivity index (χ0v) is 24.0. The third kappa shape index (κ3) is 7.82. The molecule has 0 spiro atoms. The van der Waals surface area contributed by atoms with Gasteiger partial charge in [0.1, 0.15) is 0 Å². The lowest BCUT2D eigenvalue weighted by Crippen LogP contribution is -2.54. The average molecular weight is 557 g/mol. The highest BCUT2D eigenvalue weighted by molar-refractivity contribution is 5.95. The van der Waals surface area contributed by atoms with Gasteiger partial charge in [-0.3, -0.25) is 9.59 Å². The Kier molecular flexibility index (Phi) is 12.6. The Bertz CT molecular complexity index is 1020. The Balaban J connectivity index is 0.00000241. The van der Waals surface area contributed by atoms with Crippen LogP contribution in [0.1, 0.15) is 56.6 Å². The molecule has 2 aromatic rings. The number of likely N-dealkylation sites (tertiary alicyclic amines) is 1. The van der Waals surface area contributed by atoms with Crippen molar-refractivity contribution < 1.29 is 14.3 Å². The molecule has 8 nitrogen and oxygen atoms in total. The molecule has 2 amide bonds. The molecule has 10 heteroatoms. The molecule has 37 heavy (non-hydrogen) atoms.